The minimum atomic E-state index is 0.421. The van der Waals surface area contributed by atoms with Crippen LogP contribution in [0.3, 0.4) is 0 Å². The van der Waals surface area contributed by atoms with E-state index in [-0.39, 0.29) is 0 Å². The van der Waals surface area contributed by atoms with Crippen molar-refractivity contribution in [3.63, 3.8) is 0 Å². The van der Waals surface area contributed by atoms with Crippen molar-refractivity contribution >= 4 is 6.29 Å². The summed E-state index contributed by atoms with van der Waals surface area (Å²) in [4.78, 5) is 15.5. The fourth-order valence-electron chi connectivity index (χ4n) is 3.30. The number of benzene rings is 2. The van der Waals surface area contributed by atoms with Crippen LogP contribution < -0.4 is 0 Å². The van der Waals surface area contributed by atoms with Crippen LogP contribution in [0.4, 0.5) is 0 Å². The van der Waals surface area contributed by atoms with Gasteiger partial charge in [0.1, 0.15) is 0 Å². The first kappa shape index (κ1) is 15.9. The Balaban J connectivity index is 1.71. The van der Waals surface area contributed by atoms with Crippen molar-refractivity contribution in [2.45, 2.75) is 19.0 Å². The quantitative estimate of drug-likeness (QED) is 0.819. The van der Waals surface area contributed by atoms with Gasteiger partial charge >= 0.3 is 0 Å². The lowest BCUT2D eigenvalue weighted by Gasteiger charge is -2.41. The minimum Gasteiger partial charge on any atom is -0.293 e. The minimum absolute atomic E-state index is 0.421. The van der Waals surface area contributed by atoms with E-state index in [1.54, 1.807) is 0 Å². The molecule has 1 unspecified atom stereocenters. The number of carbonyl (C=O) groups excluding carboxylic acids is 1. The van der Waals surface area contributed by atoms with Gasteiger partial charge in [-0.15, -0.1) is 0 Å². The summed E-state index contributed by atoms with van der Waals surface area (Å²) < 4.78 is 0. The van der Waals surface area contributed by atoms with Crippen LogP contribution in [0.2, 0.25) is 0 Å². The van der Waals surface area contributed by atoms with Crippen molar-refractivity contribution in [3.8, 4) is 0 Å². The third kappa shape index (κ3) is 4.50. The van der Waals surface area contributed by atoms with E-state index in [0.717, 1.165) is 32.6 Å². The highest BCUT2D eigenvalue weighted by Crippen LogP contribution is 2.17. The molecule has 0 N–H and O–H groups in total. The molecule has 3 heteroatoms. The normalized spacial score (nSPS) is 19.6. The fraction of sp³-hybridized carbons (Fsp3) is 0.350. The number of piperazine rings is 1. The van der Waals surface area contributed by atoms with Crippen molar-refractivity contribution < 1.29 is 4.79 Å². The molecular formula is C20H23N2O. The lowest BCUT2D eigenvalue weighted by molar-refractivity contribution is 0.0771. The maximum atomic E-state index is 10.7. The van der Waals surface area contributed by atoms with Crippen LogP contribution in [-0.4, -0.2) is 48.3 Å². The van der Waals surface area contributed by atoms with Gasteiger partial charge in [0.05, 0.1) is 6.54 Å². The second-order valence-corrected chi connectivity index (χ2v) is 6.18. The predicted molar refractivity (Wildman–Crippen MR) is 92.9 cm³/mol. The fourth-order valence-corrected chi connectivity index (χ4v) is 3.30. The van der Waals surface area contributed by atoms with Gasteiger partial charge in [0.25, 0.3) is 0 Å². The summed E-state index contributed by atoms with van der Waals surface area (Å²) in [6.45, 7) is 4.25. The molecule has 0 amide bonds. The Hall–Kier alpha value is -1.97. The molecule has 0 saturated carbocycles. The largest absolute Gasteiger partial charge is 0.293 e. The smallest absolute Gasteiger partial charge is 0.213 e. The standard InChI is InChI=1S/C20H23N2O/c23-14-13-21-11-12-22(16-19-9-5-2-6-10-19)20(17-21)15-18-7-3-1-4-8-18/h1-10,20H,11-13,15-17H2. The molecule has 2 aromatic rings. The number of rotatable bonds is 6. The molecule has 119 valence electrons. The molecular weight excluding hydrogens is 284 g/mol. The molecule has 0 spiro atoms. The Kier molecular flexibility index (Phi) is 5.56. The summed E-state index contributed by atoms with van der Waals surface area (Å²) in [6.07, 6.45) is 3.06. The Morgan fingerprint density at radius 1 is 0.913 bits per heavy atom. The van der Waals surface area contributed by atoms with E-state index in [1.807, 2.05) is 6.29 Å². The zero-order valence-corrected chi connectivity index (χ0v) is 13.4. The molecule has 0 aliphatic carbocycles. The summed E-state index contributed by atoms with van der Waals surface area (Å²) in [5, 5.41) is 0. The molecule has 3 nitrogen and oxygen atoms in total. The lowest BCUT2D eigenvalue weighted by atomic mass is 10.0. The Morgan fingerprint density at radius 2 is 1.57 bits per heavy atom. The van der Waals surface area contributed by atoms with Crippen molar-refractivity contribution in [3.05, 3.63) is 71.8 Å². The van der Waals surface area contributed by atoms with Crippen molar-refractivity contribution in [1.29, 1.82) is 0 Å². The van der Waals surface area contributed by atoms with E-state index in [9.17, 15) is 4.79 Å². The van der Waals surface area contributed by atoms with Crippen molar-refractivity contribution in [2.75, 3.05) is 26.2 Å². The van der Waals surface area contributed by atoms with E-state index >= 15 is 0 Å². The number of hydrogen-bond donors (Lipinski definition) is 0. The van der Waals surface area contributed by atoms with Crippen LogP contribution in [-0.2, 0) is 17.8 Å². The SMILES string of the molecule is O=[C]CN1CCN(Cc2ccccc2)C(Cc2ccccc2)C1. The van der Waals surface area contributed by atoms with Gasteiger partial charge < -0.3 is 0 Å². The molecule has 1 heterocycles. The molecule has 2 aromatic carbocycles. The van der Waals surface area contributed by atoms with Gasteiger partial charge in [0.15, 0.2) is 0 Å². The van der Waals surface area contributed by atoms with E-state index in [0.29, 0.717) is 12.6 Å². The maximum absolute atomic E-state index is 10.7. The van der Waals surface area contributed by atoms with E-state index < -0.39 is 0 Å². The number of hydrogen-bond acceptors (Lipinski definition) is 3. The summed E-state index contributed by atoms with van der Waals surface area (Å²) in [7, 11) is 0. The summed E-state index contributed by atoms with van der Waals surface area (Å²) in [5.41, 5.74) is 2.70. The Bertz CT molecular complexity index is 600. The predicted octanol–water partition coefficient (Wildman–Crippen LogP) is 2.53. The second-order valence-electron chi connectivity index (χ2n) is 6.18. The molecule has 3 rings (SSSR count). The Labute approximate surface area is 138 Å². The highest BCUT2D eigenvalue weighted by Gasteiger charge is 2.26. The van der Waals surface area contributed by atoms with Crippen LogP contribution in [0.15, 0.2) is 60.7 Å². The first-order chi connectivity index (χ1) is 11.3. The van der Waals surface area contributed by atoms with E-state index in [4.69, 9.17) is 0 Å². The average Bonchev–Trinajstić information content (AvgIpc) is 2.59. The number of nitrogens with zero attached hydrogens (tertiary/aromatic N) is 2. The third-order valence-corrected chi connectivity index (χ3v) is 4.52. The van der Waals surface area contributed by atoms with Crippen LogP contribution in [0.1, 0.15) is 11.1 Å². The zero-order valence-electron chi connectivity index (χ0n) is 13.4. The van der Waals surface area contributed by atoms with Gasteiger partial charge in [-0.25, -0.2) is 0 Å². The van der Waals surface area contributed by atoms with Gasteiger partial charge in [0, 0.05) is 32.2 Å². The molecule has 0 aromatic heterocycles. The average molecular weight is 307 g/mol. The molecule has 1 atom stereocenters. The van der Waals surface area contributed by atoms with Crippen molar-refractivity contribution in [2.24, 2.45) is 0 Å². The topological polar surface area (TPSA) is 23.6 Å². The van der Waals surface area contributed by atoms with Gasteiger partial charge in [-0.1, -0.05) is 60.7 Å². The second kappa shape index (κ2) is 8.04. The van der Waals surface area contributed by atoms with Gasteiger partial charge in [-0.3, -0.25) is 14.6 Å². The summed E-state index contributed by atoms with van der Waals surface area (Å²) >= 11 is 0. The summed E-state index contributed by atoms with van der Waals surface area (Å²) in [5.74, 6) is 0. The third-order valence-electron chi connectivity index (χ3n) is 4.52. The molecule has 0 bridgehead atoms. The monoisotopic (exact) mass is 307 g/mol. The highest BCUT2D eigenvalue weighted by atomic mass is 16.1. The van der Waals surface area contributed by atoms with E-state index in [1.165, 1.54) is 11.1 Å². The molecule has 1 fully saturated rings. The van der Waals surface area contributed by atoms with Gasteiger partial charge in [0.2, 0.25) is 6.29 Å². The van der Waals surface area contributed by atoms with Crippen molar-refractivity contribution in [1.82, 2.24) is 9.80 Å². The van der Waals surface area contributed by atoms with Crippen LogP contribution in [0.5, 0.6) is 0 Å². The molecule has 1 aliphatic heterocycles. The lowest BCUT2D eigenvalue weighted by Crippen LogP contribution is -2.53. The molecule has 23 heavy (non-hydrogen) atoms. The van der Waals surface area contributed by atoms with Crippen LogP contribution in [0.25, 0.3) is 0 Å². The summed E-state index contributed by atoms with van der Waals surface area (Å²) in [6, 6.07) is 21.7. The molecule has 1 aliphatic rings. The first-order valence-electron chi connectivity index (χ1n) is 8.24. The van der Waals surface area contributed by atoms with Crippen LogP contribution in [0, 0.1) is 0 Å². The maximum Gasteiger partial charge on any atom is 0.213 e. The van der Waals surface area contributed by atoms with E-state index in [2.05, 4.69) is 70.5 Å². The van der Waals surface area contributed by atoms with Gasteiger partial charge in [-0.05, 0) is 17.5 Å². The van der Waals surface area contributed by atoms with Crippen LogP contribution >= 0.6 is 0 Å². The Morgan fingerprint density at radius 3 is 2.22 bits per heavy atom. The first-order valence-corrected chi connectivity index (χ1v) is 8.24. The zero-order chi connectivity index (χ0) is 15.9. The van der Waals surface area contributed by atoms with Gasteiger partial charge in [-0.2, -0.15) is 0 Å². The highest BCUT2D eigenvalue weighted by molar-refractivity contribution is 5.53. The molecule has 1 radical (unpaired) electrons. The molecule has 1 saturated heterocycles.